The molecule has 0 saturated carbocycles. The fourth-order valence-corrected chi connectivity index (χ4v) is 3.59. The first kappa shape index (κ1) is 25.1. The summed E-state index contributed by atoms with van der Waals surface area (Å²) in [6.07, 6.45) is 5.77. The van der Waals surface area contributed by atoms with Crippen molar-refractivity contribution >= 4 is 41.3 Å². The number of hydrogen-bond donors (Lipinski definition) is 2. The van der Waals surface area contributed by atoms with Crippen molar-refractivity contribution in [2.45, 2.75) is 39.2 Å². The van der Waals surface area contributed by atoms with E-state index in [4.69, 9.17) is 9.26 Å². The molecule has 3 aromatic rings. The standard InChI is InChI=1S/C21H28N6O2S.HI/c1-15-13-24-19(30-15)14-25-21(22-2)23-12-6-4-5-7-18-26-20(27-29-18)16-8-10-17(28-3)11-9-16;/h8-11,13H,4-7,12,14H2,1-3H3,(H2,22,23,25);1H. The molecule has 0 amide bonds. The molecule has 31 heavy (non-hydrogen) atoms. The van der Waals surface area contributed by atoms with Gasteiger partial charge in [0.25, 0.3) is 0 Å². The fourth-order valence-electron chi connectivity index (χ4n) is 2.86. The molecular formula is C21H29IN6O2S. The van der Waals surface area contributed by atoms with Crippen molar-refractivity contribution in [2.75, 3.05) is 20.7 Å². The summed E-state index contributed by atoms with van der Waals surface area (Å²) in [5.41, 5.74) is 0.918. The Bertz CT molecular complexity index is 942. The van der Waals surface area contributed by atoms with Crippen molar-refractivity contribution in [1.82, 2.24) is 25.8 Å². The van der Waals surface area contributed by atoms with Crippen LogP contribution in [-0.4, -0.2) is 41.8 Å². The van der Waals surface area contributed by atoms with Crippen LogP contribution in [0.25, 0.3) is 11.4 Å². The summed E-state index contributed by atoms with van der Waals surface area (Å²) < 4.78 is 10.5. The Hall–Kier alpha value is -2.21. The number of thiazole rings is 1. The lowest BCUT2D eigenvalue weighted by Crippen LogP contribution is -2.37. The number of benzene rings is 1. The molecule has 3 rings (SSSR count). The van der Waals surface area contributed by atoms with E-state index in [-0.39, 0.29) is 24.0 Å². The number of nitrogens with zero attached hydrogens (tertiary/aromatic N) is 4. The van der Waals surface area contributed by atoms with Gasteiger partial charge in [0.2, 0.25) is 11.7 Å². The summed E-state index contributed by atoms with van der Waals surface area (Å²) in [6.45, 7) is 3.60. The molecule has 1 aromatic carbocycles. The number of methoxy groups -OCH3 is 1. The van der Waals surface area contributed by atoms with Crippen molar-refractivity contribution < 1.29 is 9.26 Å². The van der Waals surface area contributed by atoms with Gasteiger partial charge in [0.05, 0.1) is 13.7 Å². The third kappa shape index (κ3) is 8.09. The number of guanidine groups is 1. The van der Waals surface area contributed by atoms with Crippen LogP contribution in [-0.2, 0) is 13.0 Å². The van der Waals surface area contributed by atoms with Gasteiger partial charge < -0.3 is 19.9 Å². The quantitative estimate of drug-likeness (QED) is 0.167. The second-order valence-corrected chi connectivity index (χ2v) is 8.09. The summed E-state index contributed by atoms with van der Waals surface area (Å²) in [6, 6.07) is 7.63. The van der Waals surface area contributed by atoms with Gasteiger partial charge in [0.15, 0.2) is 5.96 Å². The maximum atomic E-state index is 5.37. The summed E-state index contributed by atoms with van der Waals surface area (Å²) in [5, 5.41) is 11.8. The molecule has 0 aliphatic carbocycles. The fraction of sp³-hybridized carbons (Fsp3) is 0.429. The van der Waals surface area contributed by atoms with E-state index in [1.807, 2.05) is 30.5 Å². The summed E-state index contributed by atoms with van der Waals surface area (Å²) in [4.78, 5) is 14.3. The topological polar surface area (TPSA) is 97.5 Å². The number of rotatable bonds is 10. The average molecular weight is 556 g/mol. The summed E-state index contributed by atoms with van der Waals surface area (Å²) >= 11 is 1.69. The van der Waals surface area contributed by atoms with E-state index >= 15 is 0 Å². The minimum absolute atomic E-state index is 0. The third-order valence-corrected chi connectivity index (χ3v) is 5.39. The molecule has 2 heterocycles. The molecule has 0 unspecified atom stereocenters. The molecule has 0 atom stereocenters. The number of hydrogen-bond acceptors (Lipinski definition) is 7. The molecule has 2 aromatic heterocycles. The molecule has 8 nitrogen and oxygen atoms in total. The molecule has 2 N–H and O–H groups in total. The summed E-state index contributed by atoms with van der Waals surface area (Å²) in [5.74, 6) is 2.88. The van der Waals surface area contributed by atoms with Crippen LogP contribution in [0.4, 0.5) is 0 Å². The smallest absolute Gasteiger partial charge is 0.226 e. The first-order valence-corrected chi connectivity index (χ1v) is 10.8. The lowest BCUT2D eigenvalue weighted by Gasteiger charge is -2.10. The van der Waals surface area contributed by atoms with E-state index in [0.717, 1.165) is 54.5 Å². The van der Waals surface area contributed by atoms with Crippen LogP contribution in [0, 0.1) is 6.92 Å². The van der Waals surface area contributed by atoms with Crippen LogP contribution >= 0.6 is 35.3 Å². The van der Waals surface area contributed by atoms with Crippen molar-refractivity contribution in [1.29, 1.82) is 0 Å². The number of nitrogens with one attached hydrogen (secondary N) is 2. The highest BCUT2D eigenvalue weighted by Crippen LogP contribution is 2.20. The van der Waals surface area contributed by atoms with Gasteiger partial charge >= 0.3 is 0 Å². The number of halogens is 1. The number of aryl methyl sites for hydroxylation is 2. The van der Waals surface area contributed by atoms with Crippen LogP contribution in [0.15, 0.2) is 40.0 Å². The highest BCUT2D eigenvalue weighted by molar-refractivity contribution is 14.0. The second kappa shape index (κ2) is 13.3. The van der Waals surface area contributed by atoms with Crippen molar-refractivity contribution in [3.63, 3.8) is 0 Å². The molecule has 0 aliphatic rings. The lowest BCUT2D eigenvalue weighted by molar-refractivity contribution is 0.374. The molecular weight excluding hydrogens is 527 g/mol. The largest absolute Gasteiger partial charge is 0.497 e. The minimum Gasteiger partial charge on any atom is -0.497 e. The van der Waals surface area contributed by atoms with Gasteiger partial charge in [0, 0.05) is 36.7 Å². The van der Waals surface area contributed by atoms with Crippen LogP contribution in [0.3, 0.4) is 0 Å². The number of aliphatic imine (C=N–C) groups is 1. The minimum atomic E-state index is 0. The van der Waals surface area contributed by atoms with Crippen molar-refractivity contribution in [3.05, 3.63) is 46.2 Å². The van der Waals surface area contributed by atoms with E-state index in [1.54, 1.807) is 25.5 Å². The van der Waals surface area contributed by atoms with Crippen LogP contribution in [0.1, 0.15) is 35.0 Å². The summed E-state index contributed by atoms with van der Waals surface area (Å²) in [7, 11) is 3.42. The zero-order valence-corrected chi connectivity index (χ0v) is 21.2. The molecule has 0 spiro atoms. The zero-order valence-electron chi connectivity index (χ0n) is 18.1. The van der Waals surface area contributed by atoms with Crippen molar-refractivity contribution in [3.8, 4) is 17.1 Å². The molecule has 0 saturated heterocycles. The van der Waals surface area contributed by atoms with Gasteiger partial charge in [-0.15, -0.1) is 35.3 Å². The predicted molar refractivity (Wildman–Crippen MR) is 134 cm³/mol. The van der Waals surface area contributed by atoms with Crippen LogP contribution < -0.4 is 15.4 Å². The van der Waals surface area contributed by atoms with E-state index in [0.29, 0.717) is 18.3 Å². The molecule has 0 fully saturated rings. The Morgan fingerprint density at radius 1 is 1.16 bits per heavy atom. The van der Waals surface area contributed by atoms with Crippen molar-refractivity contribution in [2.24, 2.45) is 4.99 Å². The maximum absolute atomic E-state index is 5.37. The second-order valence-electron chi connectivity index (χ2n) is 6.77. The molecule has 0 aliphatic heterocycles. The third-order valence-electron chi connectivity index (χ3n) is 4.48. The zero-order chi connectivity index (χ0) is 21.2. The van der Waals surface area contributed by atoms with Gasteiger partial charge in [-0.2, -0.15) is 4.98 Å². The Morgan fingerprint density at radius 3 is 2.65 bits per heavy atom. The van der Waals surface area contributed by atoms with Gasteiger partial charge in [-0.05, 0) is 44.0 Å². The molecule has 168 valence electrons. The van der Waals surface area contributed by atoms with E-state index in [9.17, 15) is 0 Å². The lowest BCUT2D eigenvalue weighted by atomic mass is 10.2. The monoisotopic (exact) mass is 556 g/mol. The molecule has 0 bridgehead atoms. The highest BCUT2D eigenvalue weighted by atomic mass is 127. The molecule has 0 radical (unpaired) electrons. The SMILES string of the molecule is CN=C(NCCCCCc1nc(-c2ccc(OC)cc2)no1)NCc1ncc(C)s1.I. The predicted octanol–water partition coefficient (Wildman–Crippen LogP) is 4.21. The highest BCUT2D eigenvalue weighted by Gasteiger charge is 2.08. The van der Waals surface area contributed by atoms with Crippen LogP contribution in [0.2, 0.25) is 0 Å². The van der Waals surface area contributed by atoms with Gasteiger partial charge in [-0.25, -0.2) is 4.98 Å². The van der Waals surface area contributed by atoms with Gasteiger partial charge in [-0.3, -0.25) is 4.99 Å². The van der Waals surface area contributed by atoms with E-state index < -0.39 is 0 Å². The maximum Gasteiger partial charge on any atom is 0.226 e. The Kier molecular flexibility index (Phi) is 10.7. The first-order valence-electron chi connectivity index (χ1n) is 10.0. The van der Waals surface area contributed by atoms with E-state index in [2.05, 4.69) is 37.7 Å². The van der Waals surface area contributed by atoms with E-state index in [1.165, 1.54) is 4.88 Å². The number of aromatic nitrogens is 3. The first-order chi connectivity index (χ1) is 14.7. The van der Waals surface area contributed by atoms with Gasteiger partial charge in [-0.1, -0.05) is 11.6 Å². The Morgan fingerprint density at radius 2 is 1.97 bits per heavy atom. The Labute approximate surface area is 203 Å². The Balaban J connectivity index is 0.00000341. The van der Waals surface area contributed by atoms with Crippen LogP contribution in [0.5, 0.6) is 5.75 Å². The average Bonchev–Trinajstić information content (AvgIpc) is 3.41. The molecule has 10 heteroatoms. The number of unbranched alkanes of at least 4 members (excludes halogenated alkanes) is 2. The van der Waals surface area contributed by atoms with Gasteiger partial charge in [0.1, 0.15) is 10.8 Å². The normalized spacial score (nSPS) is 11.1. The number of ether oxygens (including phenoxy) is 1.